The van der Waals surface area contributed by atoms with Crippen LogP contribution in [0, 0.1) is 5.92 Å². The Kier molecular flexibility index (Phi) is 6.53. The van der Waals surface area contributed by atoms with Gasteiger partial charge in [0.25, 0.3) is 0 Å². The highest BCUT2D eigenvalue weighted by Gasteiger charge is 2.33. The molecule has 0 aromatic heterocycles. The molecule has 4 nitrogen and oxygen atoms in total. The maximum Gasteiger partial charge on any atom is 0.167 e. The van der Waals surface area contributed by atoms with Gasteiger partial charge >= 0.3 is 0 Å². The van der Waals surface area contributed by atoms with Crippen molar-refractivity contribution >= 4 is 5.78 Å². The average molecular weight is 406 g/mol. The standard InChI is InChI=1S/C26H31NO3/c1-3-29-24-16-21-15-22(26(28)23(21)17-25(24)30-4-2)14-19-10-12-27(13-11-19)18-20-8-6-5-7-9-20/h5-10,16-17,22H,3-4,11-15,18H2,1-2H3. The smallest absolute Gasteiger partial charge is 0.167 e. The highest BCUT2D eigenvalue weighted by molar-refractivity contribution is 6.03. The van der Waals surface area contributed by atoms with Gasteiger partial charge in [0.05, 0.1) is 13.2 Å². The molecule has 1 unspecified atom stereocenters. The third kappa shape index (κ3) is 4.59. The van der Waals surface area contributed by atoms with Gasteiger partial charge in [-0.25, -0.2) is 0 Å². The van der Waals surface area contributed by atoms with E-state index in [1.807, 2.05) is 26.0 Å². The minimum absolute atomic E-state index is 0.0401. The zero-order valence-electron chi connectivity index (χ0n) is 18.0. The predicted molar refractivity (Wildman–Crippen MR) is 119 cm³/mol. The molecule has 0 N–H and O–H groups in total. The van der Waals surface area contributed by atoms with E-state index in [0.717, 1.165) is 55.8 Å². The lowest BCUT2D eigenvalue weighted by atomic mass is 9.92. The zero-order chi connectivity index (χ0) is 20.9. The molecule has 0 radical (unpaired) electrons. The number of benzene rings is 2. The molecule has 2 aromatic rings. The maximum absolute atomic E-state index is 13.1. The molecule has 4 heteroatoms. The van der Waals surface area contributed by atoms with Gasteiger partial charge in [-0.05, 0) is 56.4 Å². The highest BCUT2D eigenvalue weighted by atomic mass is 16.5. The normalized spacial score (nSPS) is 18.8. The molecule has 0 fully saturated rings. The molecule has 0 amide bonds. The van der Waals surface area contributed by atoms with Gasteiger partial charge in [0, 0.05) is 31.1 Å². The van der Waals surface area contributed by atoms with Crippen molar-refractivity contribution in [3.8, 4) is 11.5 Å². The van der Waals surface area contributed by atoms with Crippen LogP contribution in [0.5, 0.6) is 11.5 Å². The van der Waals surface area contributed by atoms with Crippen LogP contribution in [0.25, 0.3) is 0 Å². The Morgan fingerprint density at radius 2 is 1.77 bits per heavy atom. The van der Waals surface area contributed by atoms with Crippen LogP contribution >= 0.6 is 0 Å². The first kappa shape index (κ1) is 20.7. The second kappa shape index (κ2) is 9.48. The number of carbonyl (C=O) groups is 1. The van der Waals surface area contributed by atoms with Crippen LogP contribution in [0.3, 0.4) is 0 Å². The van der Waals surface area contributed by atoms with Crippen molar-refractivity contribution in [2.24, 2.45) is 5.92 Å². The Morgan fingerprint density at radius 3 is 2.43 bits per heavy atom. The first-order chi connectivity index (χ1) is 14.7. The third-order valence-electron chi connectivity index (χ3n) is 6.02. The number of Topliss-reactive ketones (excluding diaryl/α,β-unsaturated/α-hetero) is 1. The lowest BCUT2D eigenvalue weighted by Gasteiger charge is -2.27. The molecule has 30 heavy (non-hydrogen) atoms. The van der Waals surface area contributed by atoms with E-state index in [2.05, 4.69) is 41.3 Å². The van der Waals surface area contributed by atoms with Crippen molar-refractivity contribution in [3.05, 3.63) is 70.8 Å². The minimum atomic E-state index is 0.0401. The zero-order valence-corrected chi connectivity index (χ0v) is 18.0. The number of hydrogen-bond donors (Lipinski definition) is 0. The lowest BCUT2D eigenvalue weighted by Crippen LogP contribution is -2.29. The summed E-state index contributed by atoms with van der Waals surface area (Å²) in [6.07, 6.45) is 5.04. The number of nitrogens with zero attached hydrogens (tertiary/aromatic N) is 1. The Hall–Kier alpha value is -2.59. The van der Waals surface area contributed by atoms with E-state index in [0.29, 0.717) is 19.0 Å². The molecule has 1 heterocycles. The number of fused-ring (bicyclic) bond motifs is 1. The molecule has 0 saturated carbocycles. The SMILES string of the molecule is CCOc1cc2c(cc1OCC)C(=O)C(CC1=CCN(Cc3ccccc3)CC1)C2. The second-order valence-corrected chi connectivity index (χ2v) is 8.12. The average Bonchev–Trinajstić information content (AvgIpc) is 3.05. The minimum Gasteiger partial charge on any atom is -0.490 e. The summed E-state index contributed by atoms with van der Waals surface area (Å²) in [6, 6.07) is 14.5. The van der Waals surface area contributed by atoms with E-state index in [4.69, 9.17) is 9.47 Å². The fourth-order valence-electron chi connectivity index (χ4n) is 4.52. The van der Waals surface area contributed by atoms with Crippen molar-refractivity contribution < 1.29 is 14.3 Å². The number of ether oxygens (including phenoxy) is 2. The number of hydrogen-bond acceptors (Lipinski definition) is 4. The van der Waals surface area contributed by atoms with Crippen molar-refractivity contribution in [2.45, 2.75) is 39.7 Å². The number of carbonyl (C=O) groups excluding carboxylic acids is 1. The largest absolute Gasteiger partial charge is 0.490 e. The topological polar surface area (TPSA) is 38.8 Å². The molecule has 0 bridgehead atoms. The van der Waals surface area contributed by atoms with Crippen molar-refractivity contribution in [3.63, 3.8) is 0 Å². The van der Waals surface area contributed by atoms with Crippen molar-refractivity contribution in [2.75, 3.05) is 26.3 Å². The first-order valence-corrected chi connectivity index (χ1v) is 11.1. The summed E-state index contributed by atoms with van der Waals surface area (Å²) in [5, 5.41) is 0. The summed E-state index contributed by atoms with van der Waals surface area (Å²) in [4.78, 5) is 15.5. The molecular weight excluding hydrogens is 374 g/mol. The lowest BCUT2D eigenvalue weighted by molar-refractivity contribution is 0.0934. The Labute approximate surface area is 179 Å². The molecule has 158 valence electrons. The molecule has 1 atom stereocenters. The number of ketones is 1. The highest BCUT2D eigenvalue weighted by Crippen LogP contribution is 2.39. The molecular formula is C26H31NO3. The van der Waals surface area contributed by atoms with E-state index < -0.39 is 0 Å². The maximum atomic E-state index is 13.1. The quantitative estimate of drug-likeness (QED) is 0.576. The molecule has 4 rings (SSSR count). The number of rotatable bonds is 8. The van der Waals surface area contributed by atoms with E-state index in [-0.39, 0.29) is 11.7 Å². The van der Waals surface area contributed by atoms with Gasteiger partial charge in [-0.15, -0.1) is 0 Å². The third-order valence-corrected chi connectivity index (χ3v) is 6.02. The van der Waals surface area contributed by atoms with Gasteiger partial charge in [0.1, 0.15) is 0 Å². The summed E-state index contributed by atoms with van der Waals surface area (Å²) < 4.78 is 11.5. The van der Waals surface area contributed by atoms with E-state index in [9.17, 15) is 4.79 Å². The summed E-state index contributed by atoms with van der Waals surface area (Å²) in [5.74, 6) is 1.72. The van der Waals surface area contributed by atoms with Crippen LogP contribution in [0.2, 0.25) is 0 Å². The molecule has 0 spiro atoms. The second-order valence-electron chi connectivity index (χ2n) is 8.12. The summed E-state index contributed by atoms with van der Waals surface area (Å²) in [6.45, 7) is 8.06. The molecule has 0 saturated heterocycles. The molecule has 2 aliphatic rings. The monoisotopic (exact) mass is 405 g/mol. The summed E-state index contributed by atoms with van der Waals surface area (Å²) in [5.41, 5.74) is 4.68. The van der Waals surface area contributed by atoms with Crippen LogP contribution in [0.15, 0.2) is 54.1 Å². The summed E-state index contributed by atoms with van der Waals surface area (Å²) >= 11 is 0. The van der Waals surface area contributed by atoms with E-state index in [1.165, 1.54) is 11.1 Å². The van der Waals surface area contributed by atoms with Crippen LogP contribution < -0.4 is 9.47 Å². The van der Waals surface area contributed by atoms with Gasteiger partial charge < -0.3 is 9.47 Å². The van der Waals surface area contributed by atoms with Crippen LogP contribution in [0.4, 0.5) is 0 Å². The van der Waals surface area contributed by atoms with Crippen LogP contribution in [-0.2, 0) is 13.0 Å². The first-order valence-electron chi connectivity index (χ1n) is 11.1. The molecule has 1 aliphatic heterocycles. The molecule has 2 aromatic carbocycles. The van der Waals surface area contributed by atoms with Gasteiger partial charge in [0.15, 0.2) is 17.3 Å². The predicted octanol–water partition coefficient (Wildman–Crippen LogP) is 5.06. The van der Waals surface area contributed by atoms with Gasteiger partial charge in [-0.3, -0.25) is 9.69 Å². The fourth-order valence-corrected chi connectivity index (χ4v) is 4.52. The van der Waals surface area contributed by atoms with Crippen molar-refractivity contribution in [1.82, 2.24) is 4.90 Å². The van der Waals surface area contributed by atoms with Crippen LogP contribution in [-0.4, -0.2) is 37.0 Å². The van der Waals surface area contributed by atoms with Gasteiger partial charge in [-0.1, -0.05) is 42.0 Å². The van der Waals surface area contributed by atoms with E-state index >= 15 is 0 Å². The Morgan fingerprint density at radius 1 is 1.03 bits per heavy atom. The Bertz CT molecular complexity index is 919. The van der Waals surface area contributed by atoms with Gasteiger partial charge in [0.2, 0.25) is 0 Å². The van der Waals surface area contributed by atoms with Crippen LogP contribution in [0.1, 0.15) is 48.2 Å². The van der Waals surface area contributed by atoms with Crippen molar-refractivity contribution in [1.29, 1.82) is 0 Å². The van der Waals surface area contributed by atoms with E-state index in [1.54, 1.807) is 0 Å². The summed E-state index contributed by atoms with van der Waals surface area (Å²) in [7, 11) is 0. The van der Waals surface area contributed by atoms with Gasteiger partial charge in [-0.2, -0.15) is 0 Å². The Balaban J connectivity index is 1.40. The molecule has 1 aliphatic carbocycles. The fraction of sp³-hybridized carbons (Fsp3) is 0.423.